The van der Waals surface area contributed by atoms with E-state index in [0.29, 0.717) is 12.2 Å². The molecule has 0 spiro atoms. The van der Waals surface area contributed by atoms with Crippen molar-refractivity contribution < 1.29 is 14.6 Å². The first-order valence-electron chi connectivity index (χ1n) is 4.82. The maximum absolute atomic E-state index is 11.3. The van der Waals surface area contributed by atoms with Crippen molar-refractivity contribution in [2.75, 3.05) is 6.54 Å². The molecule has 0 amide bonds. The average molecular weight is 207 g/mol. The van der Waals surface area contributed by atoms with E-state index in [9.17, 15) is 9.90 Å². The lowest BCUT2D eigenvalue weighted by atomic mass is 9.95. The van der Waals surface area contributed by atoms with E-state index in [2.05, 4.69) is 0 Å². The third-order valence-electron chi connectivity index (χ3n) is 2.79. The van der Waals surface area contributed by atoms with Crippen molar-refractivity contribution >= 4 is 5.97 Å². The molecule has 1 aromatic rings. The quantitative estimate of drug-likeness (QED) is 0.699. The van der Waals surface area contributed by atoms with Crippen LogP contribution in [0, 0.1) is 6.92 Å². The van der Waals surface area contributed by atoms with Crippen LogP contribution in [0.5, 0.6) is 0 Å². The molecule has 0 radical (unpaired) electrons. The number of ether oxygens (including phenoxy) is 1. The third kappa shape index (κ3) is 1.52. The van der Waals surface area contributed by atoms with Gasteiger partial charge in [0, 0.05) is 12.1 Å². The number of cyclic esters (lactones) is 1. The largest absolute Gasteiger partial charge is 0.457 e. The van der Waals surface area contributed by atoms with E-state index in [1.807, 2.05) is 6.92 Å². The fourth-order valence-electron chi connectivity index (χ4n) is 1.86. The van der Waals surface area contributed by atoms with Crippen molar-refractivity contribution in [3.05, 3.63) is 34.4 Å². The van der Waals surface area contributed by atoms with Gasteiger partial charge in [-0.05, 0) is 24.1 Å². The van der Waals surface area contributed by atoms with Gasteiger partial charge in [0.15, 0.2) is 0 Å². The van der Waals surface area contributed by atoms with Crippen LogP contribution in [0.15, 0.2) is 12.1 Å². The number of hydrogen-bond acceptors (Lipinski definition) is 4. The maximum atomic E-state index is 11.3. The second kappa shape index (κ2) is 3.64. The summed E-state index contributed by atoms with van der Waals surface area (Å²) in [6, 6.07) is 3.42. The molecule has 0 fully saturated rings. The zero-order valence-corrected chi connectivity index (χ0v) is 8.49. The van der Waals surface area contributed by atoms with E-state index in [1.165, 1.54) is 0 Å². The first-order chi connectivity index (χ1) is 7.15. The molecule has 0 unspecified atom stereocenters. The van der Waals surface area contributed by atoms with E-state index in [1.54, 1.807) is 12.1 Å². The van der Waals surface area contributed by atoms with E-state index in [0.717, 1.165) is 16.7 Å². The van der Waals surface area contributed by atoms with Crippen LogP contribution in [0.25, 0.3) is 0 Å². The molecule has 1 aliphatic heterocycles. The minimum absolute atomic E-state index is 0.175. The molecular formula is C11H13NO3. The van der Waals surface area contributed by atoms with Crippen molar-refractivity contribution in [2.24, 2.45) is 5.73 Å². The highest BCUT2D eigenvalue weighted by Gasteiger charge is 2.25. The Labute approximate surface area is 87.7 Å². The van der Waals surface area contributed by atoms with Gasteiger partial charge in [-0.15, -0.1) is 0 Å². The zero-order valence-electron chi connectivity index (χ0n) is 8.49. The second-order valence-electron chi connectivity index (χ2n) is 3.63. The fourth-order valence-corrected chi connectivity index (χ4v) is 1.86. The topological polar surface area (TPSA) is 72.6 Å². The average Bonchev–Trinajstić information content (AvgIpc) is 2.61. The molecule has 4 nitrogen and oxygen atoms in total. The van der Waals surface area contributed by atoms with Crippen LogP contribution in [0.2, 0.25) is 0 Å². The second-order valence-corrected chi connectivity index (χ2v) is 3.63. The van der Waals surface area contributed by atoms with Crippen LogP contribution >= 0.6 is 0 Å². The third-order valence-corrected chi connectivity index (χ3v) is 2.79. The van der Waals surface area contributed by atoms with E-state index in [4.69, 9.17) is 10.5 Å². The molecule has 1 aliphatic rings. The number of aliphatic hydroxyl groups excluding tert-OH is 1. The summed E-state index contributed by atoms with van der Waals surface area (Å²) in [6.07, 6.45) is -0.675. The van der Waals surface area contributed by atoms with Gasteiger partial charge in [0.2, 0.25) is 0 Å². The van der Waals surface area contributed by atoms with Gasteiger partial charge in [0.25, 0.3) is 0 Å². The molecular weight excluding hydrogens is 194 g/mol. The molecule has 0 saturated heterocycles. The lowest BCUT2D eigenvalue weighted by Gasteiger charge is -2.13. The molecule has 15 heavy (non-hydrogen) atoms. The lowest BCUT2D eigenvalue weighted by Crippen LogP contribution is -2.13. The predicted octanol–water partition coefficient (Wildman–Crippen LogP) is 0.658. The van der Waals surface area contributed by atoms with Gasteiger partial charge in [0.05, 0.1) is 11.7 Å². The smallest absolute Gasteiger partial charge is 0.338 e. The van der Waals surface area contributed by atoms with Crippen LogP contribution in [-0.2, 0) is 11.3 Å². The molecule has 4 heteroatoms. The minimum atomic E-state index is -0.675. The number of benzene rings is 1. The summed E-state index contributed by atoms with van der Waals surface area (Å²) in [4.78, 5) is 11.3. The van der Waals surface area contributed by atoms with Gasteiger partial charge in [0.1, 0.15) is 6.61 Å². The first kappa shape index (κ1) is 10.1. The summed E-state index contributed by atoms with van der Waals surface area (Å²) in [6.45, 7) is 2.34. The molecule has 0 aliphatic carbocycles. The summed E-state index contributed by atoms with van der Waals surface area (Å²) in [5.74, 6) is -0.290. The summed E-state index contributed by atoms with van der Waals surface area (Å²) in [5, 5.41) is 9.66. The van der Waals surface area contributed by atoms with Gasteiger partial charge >= 0.3 is 5.97 Å². The highest BCUT2D eigenvalue weighted by Crippen LogP contribution is 2.28. The SMILES string of the molecule is Cc1c([C@@H](O)CN)ccc2c1COC2=O. The highest BCUT2D eigenvalue weighted by atomic mass is 16.5. The van der Waals surface area contributed by atoms with Gasteiger partial charge in [-0.2, -0.15) is 0 Å². The van der Waals surface area contributed by atoms with E-state index < -0.39 is 6.10 Å². The highest BCUT2D eigenvalue weighted by molar-refractivity contribution is 5.93. The fraction of sp³-hybridized carbons (Fsp3) is 0.364. The van der Waals surface area contributed by atoms with Gasteiger partial charge in [-0.25, -0.2) is 4.79 Å². The minimum Gasteiger partial charge on any atom is -0.457 e. The zero-order chi connectivity index (χ0) is 11.0. The number of fused-ring (bicyclic) bond motifs is 1. The number of esters is 1. The monoisotopic (exact) mass is 207 g/mol. The van der Waals surface area contributed by atoms with Crippen molar-refractivity contribution in [2.45, 2.75) is 19.6 Å². The number of hydrogen-bond donors (Lipinski definition) is 2. The van der Waals surface area contributed by atoms with Crippen LogP contribution in [-0.4, -0.2) is 17.6 Å². The molecule has 0 aromatic heterocycles. The Morgan fingerprint density at radius 1 is 1.60 bits per heavy atom. The number of rotatable bonds is 2. The van der Waals surface area contributed by atoms with Gasteiger partial charge in [-0.3, -0.25) is 0 Å². The van der Waals surface area contributed by atoms with E-state index >= 15 is 0 Å². The van der Waals surface area contributed by atoms with Crippen LogP contribution in [0.3, 0.4) is 0 Å². The summed E-state index contributed by atoms with van der Waals surface area (Å²) in [7, 11) is 0. The van der Waals surface area contributed by atoms with Crippen LogP contribution in [0.4, 0.5) is 0 Å². The maximum Gasteiger partial charge on any atom is 0.338 e. The van der Waals surface area contributed by atoms with Crippen molar-refractivity contribution in [3.63, 3.8) is 0 Å². The Balaban J connectivity index is 2.51. The first-order valence-corrected chi connectivity index (χ1v) is 4.82. The Bertz CT molecular complexity index is 415. The predicted molar refractivity (Wildman–Crippen MR) is 54.3 cm³/mol. The standard InChI is InChI=1S/C11H13NO3/c1-6-7(10(13)4-12)2-3-8-9(6)5-15-11(8)14/h2-3,10,13H,4-5,12H2,1H3/t10-/m0/s1. The number of carbonyl (C=O) groups excluding carboxylic acids is 1. The number of nitrogens with two attached hydrogens (primary N) is 1. The normalized spacial score (nSPS) is 16.1. The van der Waals surface area contributed by atoms with E-state index in [-0.39, 0.29) is 12.5 Å². The molecule has 1 aromatic carbocycles. The summed E-state index contributed by atoms with van der Waals surface area (Å²) >= 11 is 0. The van der Waals surface area contributed by atoms with Crippen molar-refractivity contribution in [1.29, 1.82) is 0 Å². The molecule has 0 saturated carbocycles. The molecule has 2 rings (SSSR count). The molecule has 80 valence electrons. The Kier molecular flexibility index (Phi) is 2.46. The molecule has 0 bridgehead atoms. The molecule has 3 N–H and O–H groups in total. The van der Waals surface area contributed by atoms with Crippen molar-refractivity contribution in [1.82, 2.24) is 0 Å². The Morgan fingerprint density at radius 2 is 2.33 bits per heavy atom. The summed E-state index contributed by atoms with van der Waals surface area (Å²) in [5.41, 5.74) is 8.53. The van der Waals surface area contributed by atoms with Gasteiger partial charge < -0.3 is 15.6 Å². The van der Waals surface area contributed by atoms with Gasteiger partial charge in [-0.1, -0.05) is 6.07 Å². The number of aliphatic hydroxyl groups is 1. The molecule has 1 heterocycles. The lowest BCUT2D eigenvalue weighted by molar-refractivity contribution is 0.0535. The molecule has 1 atom stereocenters. The van der Waals surface area contributed by atoms with Crippen LogP contribution in [0.1, 0.15) is 33.2 Å². The number of carbonyl (C=O) groups is 1. The Hall–Kier alpha value is -1.39. The Morgan fingerprint density at radius 3 is 3.00 bits per heavy atom. The van der Waals surface area contributed by atoms with Crippen LogP contribution < -0.4 is 5.73 Å². The summed E-state index contributed by atoms with van der Waals surface area (Å²) < 4.78 is 4.92. The van der Waals surface area contributed by atoms with Crippen molar-refractivity contribution in [3.8, 4) is 0 Å².